The normalized spacial score (nSPS) is 10.0. The first kappa shape index (κ1) is 15.1. The highest BCUT2D eigenvalue weighted by atomic mass is 16.1. The van der Waals surface area contributed by atoms with Crippen LogP contribution in [-0.2, 0) is 9.59 Å². The van der Waals surface area contributed by atoms with Crippen LogP contribution in [0.2, 0.25) is 0 Å². The highest BCUT2D eigenvalue weighted by Gasteiger charge is 1.99. The number of allylic oxidation sites excluding steroid dienone is 1. The summed E-state index contributed by atoms with van der Waals surface area (Å²) in [6.07, 6.45) is 12.8. The minimum absolute atomic E-state index is 0.0842. The van der Waals surface area contributed by atoms with Gasteiger partial charge in [0.1, 0.15) is 12.1 Å². The van der Waals surface area contributed by atoms with Gasteiger partial charge in [-0.05, 0) is 19.3 Å². The second-order valence-corrected chi connectivity index (χ2v) is 4.21. The predicted molar refractivity (Wildman–Crippen MR) is 67.4 cm³/mol. The third-order valence-corrected chi connectivity index (χ3v) is 2.67. The molecule has 0 aromatic rings. The van der Waals surface area contributed by atoms with Crippen LogP contribution in [0.25, 0.3) is 0 Å². The quantitative estimate of drug-likeness (QED) is 0.218. The van der Waals surface area contributed by atoms with E-state index in [0.717, 1.165) is 19.3 Å². The minimum atomic E-state index is 0.0842. The van der Waals surface area contributed by atoms with Gasteiger partial charge in [0, 0.05) is 6.42 Å². The van der Waals surface area contributed by atoms with Crippen LogP contribution in [0.4, 0.5) is 0 Å². The highest BCUT2D eigenvalue weighted by molar-refractivity contribution is 5.89. The fourth-order valence-electron chi connectivity index (χ4n) is 1.69. The molecule has 2 nitrogen and oxygen atoms in total. The Bertz CT molecular complexity index is 197. The van der Waals surface area contributed by atoms with Gasteiger partial charge in [0.05, 0.1) is 6.42 Å². The van der Waals surface area contributed by atoms with Crippen LogP contribution in [-0.4, -0.2) is 12.1 Å². The van der Waals surface area contributed by atoms with Crippen molar-refractivity contribution in [3.05, 3.63) is 12.7 Å². The molecule has 0 aliphatic carbocycles. The molecule has 0 saturated heterocycles. The van der Waals surface area contributed by atoms with E-state index in [1.165, 1.54) is 32.1 Å². The standard InChI is InChI=1S/C14H24O2/c1-2-3-4-5-6-7-8-9-10-11-14(16)12-13-15/h2,13H,1,3-12H2. The van der Waals surface area contributed by atoms with Gasteiger partial charge < -0.3 is 4.79 Å². The number of rotatable bonds is 12. The van der Waals surface area contributed by atoms with Crippen molar-refractivity contribution in [2.24, 2.45) is 0 Å². The molecule has 2 heteroatoms. The Kier molecular flexibility index (Phi) is 11.5. The molecule has 0 aliphatic heterocycles. The Hall–Kier alpha value is -0.920. The summed E-state index contributed by atoms with van der Waals surface area (Å²) in [6, 6.07) is 0. The van der Waals surface area contributed by atoms with E-state index in [1.807, 2.05) is 6.08 Å². The van der Waals surface area contributed by atoms with Gasteiger partial charge >= 0.3 is 0 Å². The largest absolute Gasteiger partial charge is 0.303 e. The lowest BCUT2D eigenvalue weighted by atomic mass is 10.1. The van der Waals surface area contributed by atoms with Crippen LogP contribution in [0.3, 0.4) is 0 Å². The summed E-state index contributed by atoms with van der Waals surface area (Å²) in [5.41, 5.74) is 0. The molecule has 0 radical (unpaired) electrons. The van der Waals surface area contributed by atoms with Gasteiger partial charge in [-0.15, -0.1) is 6.58 Å². The first-order chi connectivity index (χ1) is 7.81. The van der Waals surface area contributed by atoms with Crippen molar-refractivity contribution in [1.29, 1.82) is 0 Å². The lowest BCUT2D eigenvalue weighted by Gasteiger charge is -2.00. The number of hydrogen-bond acceptors (Lipinski definition) is 2. The summed E-state index contributed by atoms with van der Waals surface area (Å²) < 4.78 is 0. The van der Waals surface area contributed by atoms with Gasteiger partial charge in [0.15, 0.2) is 0 Å². The van der Waals surface area contributed by atoms with Crippen molar-refractivity contribution >= 4 is 12.1 Å². The van der Waals surface area contributed by atoms with Crippen LogP contribution >= 0.6 is 0 Å². The van der Waals surface area contributed by atoms with Crippen molar-refractivity contribution in [3.63, 3.8) is 0 Å². The van der Waals surface area contributed by atoms with Crippen LogP contribution < -0.4 is 0 Å². The molecule has 0 aromatic heterocycles. The monoisotopic (exact) mass is 224 g/mol. The highest BCUT2D eigenvalue weighted by Crippen LogP contribution is 2.10. The number of carbonyl (C=O) groups is 2. The Labute approximate surface area is 99.1 Å². The van der Waals surface area contributed by atoms with Gasteiger partial charge in [0.25, 0.3) is 0 Å². The van der Waals surface area contributed by atoms with E-state index < -0.39 is 0 Å². The molecule has 0 saturated carbocycles. The molecule has 0 rings (SSSR count). The molecule has 0 N–H and O–H groups in total. The Balaban J connectivity index is 3.06. The fourth-order valence-corrected chi connectivity index (χ4v) is 1.69. The summed E-state index contributed by atoms with van der Waals surface area (Å²) in [7, 11) is 0. The predicted octanol–water partition coefficient (Wildman–Crippen LogP) is 3.84. The number of carbonyl (C=O) groups excluding carboxylic acids is 2. The molecule has 0 bridgehead atoms. The van der Waals surface area contributed by atoms with Crippen molar-refractivity contribution in [3.8, 4) is 0 Å². The lowest BCUT2D eigenvalue weighted by Crippen LogP contribution is -1.97. The first-order valence-corrected chi connectivity index (χ1v) is 6.37. The van der Waals surface area contributed by atoms with E-state index in [0.29, 0.717) is 12.7 Å². The summed E-state index contributed by atoms with van der Waals surface area (Å²) in [6.45, 7) is 3.69. The molecular weight excluding hydrogens is 200 g/mol. The molecule has 0 heterocycles. The Morgan fingerprint density at radius 3 is 2.06 bits per heavy atom. The number of hydrogen-bond donors (Lipinski definition) is 0. The van der Waals surface area contributed by atoms with E-state index in [4.69, 9.17) is 0 Å². The van der Waals surface area contributed by atoms with Gasteiger partial charge in [-0.25, -0.2) is 0 Å². The minimum Gasteiger partial charge on any atom is -0.303 e. The number of aldehydes is 1. The van der Waals surface area contributed by atoms with Gasteiger partial charge in [-0.1, -0.05) is 38.2 Å². The second kappa shape index (κ2) is 12.2. The van der Waals surface area contributed by atoms with Gasteiger partial charge in [-0.3, -0.25) is 4.79 Å². The zero-order valence-electron chi connectivity index (χ0n) is 10.2. The lowest BCUT2D eigenvalue weighted by molar-refractivity contribution is -0.122. The molecule has 0 atom stereocenters. The van der Waals surface area contributed by atoms with Crippen molar-refractivity contribution < 1.29 is 9.59 Å². The van der Waals surface area contributed by atoms with E-state index in [2.05, 4.69) is 6.58 Å². The molecule has 0 aromatic carbocycles. The third-order valence-electron chi connectivity index (χ3n) is 2.67. The zero-order valence-corrected chi connectivity index (χ0v) is 10.2. The summed E-state index contributed by atoms with van der Waals surface area (Å²) in [5, 5.41) is 0. The summed E-state index contributed by atoms with van der Waals surface area (Å²) in [5.74, 6) is 0.0842. The maximum absolute atomic E-state index is 11.0. The topological polar surface area (TPSA) is 34.1 Å². The van der Waals surface area contributed by atoms with E-state index >= 15 is 0 Å². The van der Waals surface area contributed by atoms with Gasteiger partial charge in [0.2, 0.25) is 0 Å². The third kappa shape index (κ3) is 11.2. The van der Waals surface area contributed by atoms with Gasteiger partial charge in [-0.2, -0.15) is 0 Å². The average Bonchev–Trinajstić information content (AvgIpc) is 2.27. The van der Waals surface area contributed by atoms with Crippen LogP contribution in [0, 0.1) is 0 Å². The molecule has 0 unspecified atom stereocenters. The first-order valence-electron chi connectivity index (χ1n) is 6.37. The van der Waals surface area contributed by atoms with Crippen molar-refractivity contribution in [2.75, 3.05) is 0 Å². The molecule has 16 heavy (non-hydrogen) atoms. The summed E-state index contributed by atoms with van der Waals surface area (Å²) in [4.78, 5) is 21.1. The second-order valence-electron chi connectivity index (χ2n) is 4.21. The number of Topliss-reactive ketones (excluding diaryl/α,β-unsaturated/α-hetero) is 1. The maximum atomic E-state index is 11.0. The molecule has 0 amide bonds. The molecule has 0 fully saturated rings. The average molecular weight is 224 g/mol. The van der Waals surface area contributed by atoms with Crippen LogP contribution in [0.5, 0.6) is 0 Å². The smallest absolute Gasteiger partial charge is 0.139 e. The van der Waals surface area contributed by atoms with E-state index in [1.54, 1.807) is 0 Å². The van der Waals surface area contributed by atoms with E-state index in [9.17, 15) is 9.59 Å². The van der Waals surface area contributed by atoms with Crippen molar-refractivity contribution in [1.82, 2.24) is 0 Å². The Morgan fingerprint density at radius 2 is 1.50 bits per heavy atom. The fraction of sp³-hybridized carbons (Fsp3) is 0.714. The maximum Gasteiger partial charge on any atom is 0.139 e. The number of ketones is 1. The van der Waals surface area contributed by atoms with Crippen LogP contribution in [0.1, 0.15) is 64.2 Å². The molecule has 92 valence electrons. The number of unbranched alkanes of at least 4 members (excludes halogenated alkanes) is 7. The van der Waals surface area contributed by atoms with E-state index in [-0.39, 0.29) is 12.2 Å². The van der Waals surface area contributed by atoms with Crippen molar-refractivity contribution in [2.45, 2.75) is 64.2 Å². The summed E-state index contributed by atoms with van der Waals surface area (Å²) >= 11 is 0. The SMILES string of the molecule is C=CCCCCCCCCCC(=O)CC=O. The Morgan fingerprint density at radius 1 is 0.938 bits per heavy atom. The zero-order chi connectivity index (χ0) is 12.1. The molecular formula is C14H24O2. The molecule has 0 spiro atoms. The molecule has 0 aliphatic rings. The van der Waals surface area contributed by atoms with Crippen LogP contribution in [0.15, 0.2) is 12.7 Å².